The second-order valence-corrected chi connectivity index (χ2v) is 28.7. The van der Waals surface area contributed by atoms with Crippen molar-refractivity contribution >= 4 is 33.6 Å². The van der Waals surface area contributed by atoms with Crippen molar-refractivity contribution in [3.8, 4) is 0 Å². The summed E-state index contributed by atoms with van der Waals surface area (Å²) in [5.74, 6) is -1.59. The molecular weight excluding hydrogens is 1290 g/mol. The summed E-state index contributed by atoms with van der Waals surface area (Å²) in [6.45, 7) is 2.43. The van der Waals surface area contributed by atoms with Gasteiger partial charge in [-0.3, -0.25) is 32.5 Å². The van der Waals surface area contributed by atoms with Crippen molar-refractivity contribution in [1.82, 2.24) is 0 Å². The van der Waals surface area contributed by atoms with E-state index in [9.17, 15) is 43.5 Å². The molecule has 0 saturated carbocycles. The third-order valence-electron chi connectivity index (χ3n) is 16.2. The number of phosphoric ester groups is 2. The number of ether oxygens (including phenoxy) is 3. The Kier molecular flexibility index (Phi) is 70.7. The molecule has 0 aliphatic heterocycles. The van der Waals surface area contributed by atoms with Crippen LogP contribution in [0.2, 0.25) is 0 Å². The lowest BCUT2D eigenvalue weighted by Gasteiger charge is -2.21. The van der Waals surface area contributed by atoms with Crippen LogP contribution in [0.1, 0.15) is 316 Å². The number of carbonyl (C=O) groups excluding carboxylic acids is 3. The first-order chi connectivity index (χ1) is 48.2. The normalized spacial score (nSPS) is 14.7. The maximum Gasteiger partial charge on any atom is 0.472 e. The molecule has 16 nitrogen and oxygen atoms in total. The molecule has 0 aliphatic rings. The molecule has 5 unspecified atom stereocenters. The Morgan fingerprint density at radius 1 is 0.293 bits per heavy atom. The molecule has 0 radical (unpaired) electrons. The van der Waals surface area contributed by atoms with Gasteiger partial charge in [0.05, 0.1) is 26.4 Å². The minimum absolute atomic E-state index is 0.101. The van der Waals surface area contributed by atoms with Crippen molar-refractivity contribution in [3.63, 3.8) is 0 Å². The number of rotatable bonds is 73. The third-order valence-corrected chi connectivity index (χ3v) is 18.1. The highest BCUT2D eigenvalue weighted by molar-refractivity contribution is 7.47. The number of hydrogen-bond donors (Lipinski definition) is 4. The van der Waals surface area contributed by atoms with E-state index in [4.69, 9.17) is 32.3 Å². The average Bonchev–Trinajstić information content (AvgIpc) is 1.22. The lowest BCUT2D eigenvalue weighted by molar-refractivity contribution is -0.161. The fourth-order valence-corrected chi connectivity index (χ4v) is 11.9. The molecule has 4 N–H and O–H groups in total. The van der Waals surface area contributed by atoms with E-state index in [2.05, 4.69) is 142 Å². The van der Waals surface area contributed by atoms with Crippen LogP contribution in [0.3, 0.4) is 0 Å². The van der Waals surface area contributed by atoms with Gasteiger partial charge in [0.2, 0.25) is 0 Å². The zero-order valence-corrected chi connectivity index (χ0v) is 63.9. The Hall–Kier alpha value is -4.05. The molecule has 0 amide bonds. The van der Waals surface area contributed by atoms with Gasteiger partial charge >= 0.3 is 33.6 Å². The van der Waals surface area contributed by atoms with Crippen LogP contribution in [0.4, 0.5) is 0 Å². The maximum atomic E-state index is 12.9. The van der Waals surface area contributed by atoms with Gasteiger partial charge < -0.3 is 34.2 Å². The summed E-state index contributed by atoms with van der Waals surface area (Å²) >= 11 is 0. The standard InChI is InChI=1S/C81H140O16P2/c1-4-7-10-13-16-19-22-24-26-28-30-32-33-34-35-36-37-38-39-40-41-43-45-46-48-50-53-55-58-61-64-67-79(84)91-70-76(82)71-93-98(87,88)94-72-77(83)73-95-99(89,90)96-75-78(97-81(86)69-66-63-60-57-52-21-18-15-12-9-6-3)74-92-80(85)68-65-62-59-56-54-51-49-47-44-42-31-29-27-25-23-20-17-14-11-8-5-2/h7-8,10-11,16-17,19-20,24-27,30-32,34-35,42,47,49,76-78,82-83H,4-6,9,12-15,18,21-23,28-29,33,36-41,43-46,48,50-75H2,1-3H3,(H,87,88)(H,89,90)/b10-7-,11-8-,19-16-,20-17-,26-24-,27-25-,32-30-,35-34-,42-31-,49-47-. The van der Waals surface area contributed by atoms with Gasteiger partial charge in [-0.1, -0.05) is 309 Å². The van der Waals surface area contributed by atoms with Gasteiger partial charge in [0.1, 0.15) is 25.4 Å². The van der Waals surface area contributed by atoms with Crippen LogP contribution in [0, 0.1) is 0 Å². The summed E-state index contributed by atoms with van der Waals surface area (Å²) in [5, 5.41) is 20.6. The minimum atomic E-state index is -4.93. The largest absolute Gasteiger partial charge is 0.472 e. The Balaban J connectivity index is 4.42. The predicted molar refractivity (Wildman–Crippen MR) is 408 cm³/mol. The van der Waals surface area contributed by atoms with Gasteiger partial charge in [-0.15, -0.1) is 0 Å². The van der Waals surface area contributed by atoms with Gasteiger partial charge in [-0.05, 0) is 109 Å². The number of allylic oxidation sites excluding steroid dienone is 20. The van der Waals surface area contributed by atoms with E-state index in [1.165, 1.54) is 116 Å². The highest BCUT2D eigenvalue weighted by Crippen LogP contribution is 2.45. The molecule has 18 heteroatoms. The number of hydrogen-bond acceptors (Lipinski definition) is 14. The molecule has 0 aromatic rings. The third kappa shape index (κ3) is 74.9. The number of aliphatic hydroxyl groups is 2. The first kappa shape index (κ1) is 94.9. The molecule has 0 rings (SSSR count). The molecular formula is C81H140O16P2. The highest BCUT2D eigenvalue weighted by Gasteiger charge is 2.29. The number of unbranched alkanes of at least 4 members (excludes halogenated alkanes) is 30. The molecule has 99 heavy (non-hydrogen) atoms. The number of phosphoric acid groups is 2. The van der Waals surface area contributed by atoms with Crippen molar-refractivity contribution in [2.75, 3.05) is 39.6 Å². The summed E-state index contributed by atoms with van der Waals surface area (Å²) < 4.78 is 61.0. The van der Waals surface area contributed by atoms with E-state index in [0.29, 0.717) is 19.3 Å². The number of esters is 3. The van der Waals surface area contributed by atoms with E-state index in [1.807, 2.05) is 0 Å². The van der Waals surface area contributed by atoms with Gasteiger partial charge in [0.15, 0.2) is 6.10 Å². The van der Waals surface area contributed by atoms with Crippen molar-refractivity contribution in [1.29, 1.82) is 0 Å². The molecule has 0 spiro atoms. The smallest absolute Gasteiger partial charge is 0.463 e. The summed E-state index contributed by atoms with van der Waals surface area (Å²) in [6.07, 6.45) is 86.9. The number of carbonyl (C=O) groups is 3. The van der Waals surface area contributed by atoms with Gasteiger partial charge in [0.25, 0.3) is 0 Å². The van der Waals surface area contributed by atoms with Gasteiger partial charge in [0, 0.05) is 19.3 Å². The number of aliphatic hydroxyl groups excluding tert-OH is 2. The van der Waals surface area contributed by atoms with Crippen molar-refractivity contribution < 1.29 is 75.8 Å². The van der Waals surface area contributed by atoms with E-state index in [0.717, 1.165) is 141 Å². The minimum Gasteiger partial charge on any atom is -0.463 e. The maximum absolute atomic E-state index is 12.9. The molecule has 0 heterocycles. The molecule has 0 aromatic carbocycles. The second-order valence-electron chi connectivity index (χ2n) is 25.8. The quantitative estimate of drug-likeness (QED) is 0.0146. The molecule has 0 fully saturated rings. The molecule has 0 bridgehead atoms. The van der Waals surface area contributed by atoms with Crippen LogP contribution in [-0.2, 0) is 55.8 Å². The molecule has 0 aliphatic carbocycles. The van der Waals surface area contributed by atoms with E-state index in [1.54, 1.807) is 0 Å². The topological polar surface area (TPSA) is 231 Å². The first-order valence-corrected chi connectivity index (χ1v) is 41.8. The lowest BCUT2D eigenvalue weighted by Crippen LogP contribution is -2.30. The van der Waals surface area contributed by atoms with E-state index < -0.39 is 91.5 Å². The Morgan fingerprint density at radius 3 is 0.848 bits per heavy atom. The highest BCUT2D eigenvalue weighted by atomic mass is 31.2. The zero-order valence-electron chi connectivity index (χ0n) is 62.1. The molecule has 5 atom stereocenters. The van der Waals surface area contributed by atoms with E-state index >= 15 is 0 Å². The molecule has 570 valence electrons. The van der Waals surface area contributed by atoms with Crippen molar-refractivity contribution in [2.45, 2.75) is 334 Å². The van der Waals surface area contributed by atoms with Gasteiger partial charge in [-0.2, -0.15) is 0 Å². The average molecular weight is 1430 g/mol. The van der Waals surface area contributed by atoms with Crippen LogP contribution in [0.15, 0.2) is 122 Å². The first-order valence-electron chi connectivity index (χ1n) is 38.8. The lowest BCUT2D eigenvalue weighted by atomic mass is 10.0. The SMILES string of the molecule is CC/C=C\C/C=C\C/C=C\C/C=C\C/C=C\CCCCCCCCCCCCCCCCCC(=O)OCC(O)COP(=O)(O)OCC(O)COP(=O)(O)OCC(COC(=O)CCCCCCC/C=C\C/C=C\C/C=C\C/C=C\C/C=C\CC)OC(=O)CCCCCCCCCCCCC. The Labute approximate surface area is 602 Å². The second kappa shape index (κ2) is 73.7. The fraction of sp³-hybridized carbons (Fsp3) is 0.716. The zero-order chi connectivity index (χ0) is 72.3. The fourth-order valence-electron chi connectivity index (χ4n) is 10.3. The van der Waals surface area contributed by atoms with Crippen LogP contribution < -0.4 is 0 Å². The van der Waals surface area contributed by atoms with E-state index in [-0.39, 0.29) is 19.3 Å². The Bertz CT molecular complexity index is 2290. The van der Waals surface area contributed by atoms with Crippen molar-refractivity contribution in [3.05, 3.63) is 122 Å². The van der Waals surface area contributed by atoms with Gasteiger partial charge in [-0.25, -0.2) is 9.13 Å². The summed E-state index contributed by atoms with van der Waals surface area (Å²) in [4.78, 5) is 58.5. The van der Waals surface area contributed by atoms with Crippen LogP contribution in [0.5, 0.6) is 0 Å². The van der Waals surface area contributed by atoms with Crippen LogP contribution in [0.25, 0.3) is 0 Å². The Morgan fingerprint density at radius 2 is 0.535 bits per heavy atom. The summed E-state index contributed by atoms with van der Waals surface area (Å²) in [6, 6.07) is 0. The predicted octanol–water partition coefficient (Wildman–Crippen LogP) is 22.5. The monoisotopic (exact) mass is 1430 g/mol. The summed E-state index contributed by atoms with van der Waals surface area (Å²) in [5.41, 5.74) is 0. The van der Waals surface area contributed by atoms with Crippen molar-refractivity contribution in [2.24, 2.45) is 0 Å². The summed E-state index contributed by atoms with van der Waals surface area (Å²) in [7, 11) is -9.78. The molecule has 0 aromatic heterocycles. The van der Waals surface area contributed by atoms with Crippen LogP contribution >= 0.6 is 15.6 Å². The van der Waals surface area contributed by atoms with Crippen LogP contribution in [-0.4, -0.2) is 95.9 Å². The molecule has 0 saturated heterocycles.